The van der Waals surface area contributed by atoms with Gasteiger partial charge in [-0.25, -0.2) is 0 Å². The lowest BCUT2D eigenvalue weighted by atomic mass is 9.96. The molecule has 16 heavy (non-hydrogen) atoms. The van der Waals surface area contributed by atoms with E-state index in [1.54, 1.807) is 7.11 Å². The Balaban J connectivity index is 2.20. The van der Waals surface area contributed by atoms with Crippen molar-refractivity contribution in [3.8, 4) is 0 Å². The van der Waals surface area contributed by atoms with E-state index in [9.17, 15) is 0 Å². The Morgan fingerprint density at radius 3 is 2.69 bits per heavy atom. The highest BCUT2D eigenvalue weighted by Gasteiger charge is 2.34. The van der Waals surface area contributed by atoms with Gasteiger partial charge in [-0.15, -0.1) is 0 Å². The van der Waals surface area contributed by atoms with Crippen molar-refractivity contribution in [2.75, 3.05) is 7.11 Å². The molecule has 0 bridgehead atoms. The van der Waals surface area contributed by atoms with E-state index < -0.39 is 0 Å². The fourth-order valence-electron chi connectivity index (χ4n) is 1.95. The summed E-state index contributed by atoms with van der Waals surface area (Å²) in [7, 11) is 1.70. The Kier molecular flexibility index (Phi) is 3.12. The van der Waals surface area contributed by atoms with Crippen LogP contribution in [-0.2, 0) is 4.74 Å². The number of ether oxygens (including phenoxy) is 1. The largest absolute Gasteiger partial charge is 0.359 e. The van der Waals surface area contributed by atoms with Crippen molar-refractivity contribution >= 4 is 17.3 Å². The molecule has 2 atom stereocenters. The van der Waals surface area contributed by atoms with Crippen molar-refractivity contribution < 1.29 is 4.74 Å². The minimum absolute atomic E-state index is 0.208. The first-order chi connectivity index (χ1) is 7.63. The second-order valence-corrected chi connectivity index (χ2v) is 4.61. The van der Waals surface area contributed by atoms with Crippen molar-refractivity contribution in [1.82, 2.24) is 10.6 Å². The molecule has 0 aromatic heterocycles. The van der Waals surface area contributed by atoms with Gasteiger partial charge in [0.25, 0.3) is 0 Å². The van der Waals surface area contributed by atoms with Gasteiger partial charge in [-0.1, -0.05) is 30.3 Å². The van der Waals surface area contributed by atoms with Gasteiger partial charge < -0.3 is 15.4 Å². The number of hydrogen-bond donors (Lipinski definition) is 2. The molecule has 0 aliphatic carbocycles. The molecule has 0 saturated carbocycles. The summed E-state index contributed by atoms with van der Waals surface area (Å²) in [5, 5.41) is 7.05. The Labute approximate surface area is 101 Å². The highest BCUT2D eigenvalue weighted by atomic mass is 32.1. The van der Waals surface area contributed by atoms with E-state index in [4.69, 9.17) is 17.0 Å². The molecule has 1 saturated heterocycles. The van der Waals surface area contributed by atoms with Crippen LogP contribution in [0.5, 0.6) is 0 Å². The zero-order valence-electron chi connectivity index (χ0n) is 9.49. The number of methoxy groups -OCH3 is 1. The van der Waals surface area contributed by atoms with E-state index in [0.29, 0.717) is 5.11 Å². The van der Waals surface area contributed by atoms with Crippen LogP contribution in [0.15, 0.2) is 30.3 Å². The summed E-state index contributed by atoms with van der Waals surface area (Å²) in [5.41, 5.74) is 0.845. The molecule has 1 aromatic carbocycles. The third-order valence-corrected chi connectivity index (χ3v) is 3.15. The van der Waals surface area contributed by atoms with Crippen LogP contribution in [0.4, 0.5) is 0 Å². The third-order valence-electron chi connectivity index (χ3n) is 2.93. The first-order valence-corrected chi connectivity index (χ1v) is 5.72. The quantitative estimate of drug-likeness (QED) is 0.769. The standard InChI is InChI=1S/C12H16N2OS/c1-12(15-2)8-10(13-11(16)14-12)9-6-4-3-5-7-9/h3-7,10H,8H2,1-2H3,(H2,13,14,16)/t10-,12+/m1/s1. The normalized spacial score (nSPS) is 29.4. The molecule has 1 aliphatic heterocycles. The van der Waals surface area contributed by atoms with Crippen molar-refractivity contribution in [3.63, 3.8) is 0 Å². The van der Waals surface area contributed by atoms with E-state index in [1.165, 1.54) is 5.56 Å². The zero-order chi connectivity index (χ0) is 11.6. The highest BCUT2D eigenvalue weighted by molar-refractivity contribution is 7.80. The average Bonchev–Trinajstić information content (AvgIpc) is 2.29. The molecule has 1 heterocycles. The van der Waals surface area contributed by atoms with Gasteiger partial charge in [0.05, 0.1) is 6.04 Å². The van der Waals surface area contributed by atoms with Crippen LogP contribution in [0.3, 0.4) is 0 Å². The molecule has 0 spiro atoms. The minimum atomic E-state index is -0.386. The van der Waals surface area contributed by atoms with Gasteiger partial charge in [0.2, 0.25) is 0 Å². The Morgan fingerprint density at radius 1 is 1.38 bits per heavy atom. The van der Waals surface area contributed by atoms with Crippen LogP contribution in [0.2, 0.25) is 0 Å². The summed E-state index contributed by atoms with van der Waals surface area (Å²) < 4.78 is 5.46. The SMILES string of the molecule is CO[C@@]1(C)C[C@H](c2ccccc2)NC(=S)N1. The lowest BCUT2D eigenvalue weighted by Crippen LogP contribution is -2.58. The van der Waals surface area contributed by atoms with Gasteiger partial charge in [-0.05, 0) is 24.7 Å². The Morgan fingerprint density at radius 2 is 2.06 bits per heavy atom. The first kappa shape index (κ1) is 11.4. The molecule has 86 valence electrons. The molecule has 0 radical (unpaired) electrons. The van der Waals surface area contributed by atoms with E-state index in [-0.39, 0.29) is 11.8 Å². The van der Waals surface area contributed by atoms with Gasteiger partial charge in [0.15, 0.2) is 5.11 Å². The molecule has 1 aliphatic rings. The van der Waals surface area contributed by atoms with Crippen molar-refractivity contribution in [2.45, 2.75) is 25.1 Å². The lowest BCUT2D eigenvalue weighted by molar-refractivity contribution is -0.0285. The maximum Gasteiger partial charge on any atom is 0.168 e. The van der Waals surface area contributed by atoms with Gasteiger partial charge in [-0.3, -0.25) is 0 Å². The molecule has 4 heteroatoms. The van der Waals surface area contributed by atoms with Crippen LogP contribution in [0, 0.1) is 0 Å². The second-order valence-electron chi connectivity index (χ2n) is 4.20. The van der Waals surface area contributed by atoms with Gasteiger partial charge in [-0.2, -0.15) is 0 Å². The Hall–Kier alpha value is -1.13. The van der Waals surface area contributed by atoms with Crippen molar-refractivity contribution in [1.29, 1.82) is 0 Å². The van der Waals surface area contributed by atoms with E-state index >= 15 is 0 Å². The summed E-state index contributed by atoms with van der Waals surface area (Å²) in [6, 6.07) is 10.5. The van der Waals surface area contributed by atoms with Gasteiger partial charge >= 0.3 is 0 Å². The molecule has 3 nitrogen and oxygen atoms in total. The summed E-state index contributed by atoms with van der Waals surface area (Å²) in [6.07, 6.45) is 0.841. The predicted molar refractivity (Wildman–Crippen MR) is 68.1 cm³/mol. The molecule has 1 fully saturated rings. The van der Waals surface area contributed by atoms with E-state index in [0.717, 1.165) is 6.42 Å². The minimum Gasteiger partial charge on any atom is -0.359 e. The molecule has 2 rings (SSSR count). The van der Waals surface area contributed by atoms with Gasteiger partial charge in [0.1, 0.15) is 5.72 Å². The van der Waals surface area contributed by atoms with Crippen LogP contribution in [0.1, 0.15) is 24.9 Å². The number of nitrogens with one attached hydrogen (secondary N) is 2. The number of thiocarbonyl (C=S) groups is 1. The summed E-state index contributed by atoms with van der Waals surface area (Å²) in [6.45, 7) is 2.01. The van der Waals surface area contributed by atoms with Crippen LogP contribution in [0.25, 0.3) is 0 Å². The average molecular weight is 236 g/mol. The molecular weight excluding hydrogens is 220 g/mol. The highest BCUT2D eigenvalue weighted by Crippen LogP contribution is 2.27. The number of hydrogen-bond acceptors (Lipinski definition) is 2. The monoisotopic (exact) mass is 236 g/mol. The molecule has 2 N–H and O–H groups in total. The number of benzene rings is 1. The smallest absolute Gasteiger partial charge is 0.168 e. The Bertz CT molecular complexity index is 382. The van der Waals surface area contributed by atoms with Crippen LogP contribution in [-0.4, -0.2) is 17.9 Å². The lowest BCUT2D eigenvalue weighted by Gasteiger charge is -2.40. The van der Waals surface area contributed by atoms with Crippen molar-refractivity contribution in [3.05, 3.63) is 35.9 Å². The maximum absolute atomic E-state index is 5.46. The molecule has 0 unspecified atom stereocenters. The fourth-order valence-corrected chi connectivity index (χ4v) is 2.31. The van der Waals surface area contributed by atoms with Gasteiger partial charge in [0, 0.05) is 13.5 Å². The van der Waals surface area contributed by atoms with E-state index in [2.05, 4.69) is 22.8 Å². The molecule has 0 amide bonds. The zero-order valence-corrected chi connectivity index (χ0v) is 10.3. The second kappa shape index (κ2) is 4.39. The van der Waals surface area contributed by atoms with Crippen molar-refractivity contribution in [2.24, 2.45) is 0 Å². The van der Waals surface area contributed by atoms with Crippen LogP contribution >= 0.6 is 12.2 Å². The predicted octanol–water partition coefficient (Wildman–Crippen LogP) is 1.96. The summed E-state index contributed by atoms with van der Waals surface area (Å²) >= 11 is 5.20. The number of rotatable bonds is 2. The van der Waals surface area contributed by atoms with E-state index in [1.807, 2.05) is 25.1 Å². The van der Waals surface area contributed by atoms with Crippen LogP contribution < -0.4 is 10.6 Å². The third kappa shape index (κ3) is 2.33. The topological polar surface area (TPSA) is 33.3 Å². The summed E-state index contributed by atoms with van der Waals surface area (Å²) in [5.74, 6) is 0. The fraction of sp³-hybridized carbons (Fsp3) is 0.417. The molecular formula is C12H16N2OS. The summed E-state index contributed by atoms with van der Waals surface area (Å²) in [4.78, 5) is 0. The first-order valence-electron chi connectivity index (χ1n) is 5.32. The molecule has 1 aromatic rings. The maximum atomic E-state index is 5.46.